The first-order chi connectivity index (χ1) is 30.8. The van der Waals surface area contributed by atoms with E-state index in [-0.39, 0.29) is 80.6 Å². The van der Waals surface area contributed by atoms with Crippen molar-refractivity contribution in [3.05, 3.63) is 99.1 Å². The van der Waals surface area contributed by atoms with Gasteiger partial charge in [-0.05, 0) is 116 Å². The first kappa shape index (κ1) is 45.6. The molecule has 3 aromatic carbocycles. The Morgan fingerprint density at radius 2 is 1.67 bits per heavy atom. The third-order valence-corrected chi connectivity index (χ3v) is 14.3. The average Bonchev–Trinajstić information content (AvgIpc) is 3.28. The lowest BCUT2D eigenvalue weighted by Crippen LogP contribution is -2.54. The summed E-state index contributed by atoms with van der Waals surface area (Å²) in [5, 5.41) is 61.4. The first-order valence-electron chi connectivity index (χ1n) is 23.5. The molecule has 2 aliphatic carbocycles. The van der Waals surface area contributed by atoms with E-state index in [0.29, 0.717) is 64.9 Å². The Bertz CT molecular complexity index is 2330. The molecule has 0 aromatic heterocycles. The molecular formula is C53H63NO10. The molecule has 0 amide bonds. The van der Waals surface area contributed by atoms with E-state index >= 15 is 4.79 Å². The number of esters is 2. The van der Waals surface area contributed by atoms with Crippen molar-refractivity contribution in [2.75, 3.05) is 11.9 Å². The largest absolute Gasteiger partial charge is 0.507 e. The number of aliphatic hydroxyl groups is 4. The topological polar surface area (TPSA) is 183 Å². The number of hydrogen-bond donors (Lipinski definition) is 6. The number of ether oxygens (including phenoxy) is 2. The summed E-state index contributed by atoms with van der Waals surface area (Å²) < 4.78 is 12.7. The smallest absolute Gasteiger partial charge is 0.334 e. The minimum absolute atomic E-state index is 0.0350. The Hall–Kier alpha value is -4.99. The summed E-state index contributed by atoms with van der Waals surface area (Å²) >= 11 is 0. The Labute approximate surface area is 376 Å². The van der Waals surface area contributed by atoms with Gasteiger partial charge in [-0.2, -0.15) is 0 Å². The summed E-state index contributed by atoms with van der Waals surface area (Å²) in [5.74, 6) is 3.81. The van der Waals surface area contributed by atoms with Crippen LogP contribution in [0.15, 0.2) is 60.2 Å². The number of fused-ring (bicyclic) bond motifs is 8. The highest BCUT2D eigenvalue weighted by atomic mass is 16.6. The van der Waals surface area contributed by atoms with E-state index in [2.05, 4.69) is 17.2 Å². The molecule has 64 heavy (non-hydrogen) atoms. The van der Waals surface area contributed by atoms with Gasteiger partial charge < -0.3 is 40.3 Å². The SMILES string of the molecule is CCC[C@]1(O)[C@@H]2CCC(=O)[C@H](Cc3cccc(c3)C[C@H](O)/C=C3/C[C@@H](c4cc(CO)cc(NC[C@H](C)O)c4)C#C[C@H]4CC(=O)Oc5c4cc(c(O)c5C4CCCCC4)C[C@H]1OC3=O)C2. The van der Waals surface area contributed by atoms with Crippen LogP contribution >= 0.6 is 0 Å². The number of ketones is 1. The fourth-order valence-corrected chi connectivity index (χ4v) is 11.1. The molecule has 8 atom stereocenters. The molecule has 5 aliphatic rings. The van der Waals surface area contributed by atoms with Crippen molar-refractivity contribution in [3.8, 4) is 23.3 Å². The normalized spacial score (nSPS) is 28.8. The summed E-state index contributed by atoms with van der Waals surface area (Å²) in [6.45, 7) is 3.59. The molecule has 340 valence electrons. The van der Waals surface area contributed by atoms with Crippen LogP contribution in [0.1, 0.15) is 148 Å². The minimum Gasteiger partial charge on any atom is -0.507 e. The molecule has 11 nitrogen and oxygen atoms in total. The second-order valence-corrected chi connectivity index (χ2v) is 19.1. The van der Waals surface area contributed by atoms with Crippen LogP contribution in [0.2, 0.25) is 0 Å². The van der Waals surface area contributed by atoms with Crippen LogP contribution in [0.3, 0.4) is 0 Å². The second-order valence-electron chi connectivity index (χ2n) is 19.1. The molecule has 3 aliphatic heterocycles. The standard InChI is InChI=1S/C53H63NO10/c1-3-16-53(62)42-14-15-46(58)39(23-42)18-32-8-7-9-33(17-32)21-44(57)25-41-22-36(38-19-34(30-55)20-43(24-38)54-29-31(2)56)12-13-37-28-48(59)64-51-45(37)26-40(27-47(53)63-52(41)61)50(60)49(51)35-10-5-4-6-11-35/h7-9,17,19-20,24-26,31,35-37,39,42,44,47,54-57,60,62H,3-6,10-11,14-16,18,21-23,27-30H2,1-2H3/b41-25-/t31-,36-,37-,39+,42+,44-,47+,53-/m0/s1. The third-order valence-electron chi connectivity index (χ3n) is 14.3. The van der Waals surface area contributed by atoms with Crippen LogP contribution < -0.4 is 10.1 Å². The number of Topliss-reactive ketones (excluding diaryl/α,β-unsaturated/α-hetero) is 1. The molecular weight excluding hydrogens is 811 g/mol. The minimum atomic E-state index is -1.62. The predicted octanol–water partition coefficient (Wildman–Crippen LogP) is 7.37. The zero-order valence-corrected chi connectivity index (χ0v) is 37.1. The Morgan fingerprint density at radius 1 is 0.906 bits per heavy atom. The number of rotatable bonds is 8. The zero-order chi connectivity index (χ0) is 45.1. The van der Waals surface area contributed by atoms with Gasteiger partial charge in [0, 0.05) is 60.0 Å². The molecule has 8 rings (SSSR count). The van der Waals surface area contributed by atoms with E-state index in [9.17, 15) is 35.1 Å². The van der Waals surface area contributed by atoms with Gasteiger partial charge in [0.25, 0.3) is 0 Å². The molecule has 2 saturated carbocycles. The Balaban J connectivity index is 1.36. The van der Waals surface area contributed by atoms with Gasteiger partial charge in [-0.3, -0.25) is 9.59 Å². The maximum absolute atomic E-state index is 15.1. The van der Waals surface area contributed by atoms with Crippen molar-refractivity contribution in [2.45, 2.75) is 158 Å². The van der Waals surface area contributed by atoms with Gasteiger partial charge in [-0.1, -0.05) is 74.8 Å². The van der Waals surface area contributed by atoms with Gasteiger partial charge in [0.05, 0.1) is 31.2 Å². The summed E-state index contributed by atoms with van der Waals surface area (Å²) in [5.41, 5.74) is 3.82. The van der Waals surface area contributed by atoms with Gasteiger partial charge in [0.2, 0.25) is 0 Å². The molecule has 3 heterocycles. The fourth-order valence-electron chi connectivity index (χ4n) is 11.1. The monoisotopic (exact) mass is 873 g/mol. The summed E-state index contributed by atoms with van der Waals surface area (Å²) in [7, 11) is 0. The number of aromatic hydroxyl groups is 1. The van der Waals surface area contributed by atoms with Crippen molar-refractivity contribution < 1.29 is 49.4 Å². The highest BCUT2D eigenvalue weighted by molar-refractivity contribution is 5.89. The highest BCUT2D eigenvalue weighted by Crippen LogP contribution is 2.51. The lowest BCUT2D eigenvalue weighted by Gasteiger charge is -2.45. The van der Waals surface area contributed by atoms with Crippen molar-refractivity contribution in [1.29, 1.82) is 0 Å². The van der Waals surface area contributed by atoms with Gasteiger partial charge in [-0.15, -0.1) is 0 Å². The average molecular weight is 874 g/mol. The highest BCUT2D eigenvalue weighted by Gasteiger charge is 2.49. The van der Waals surface area contributed by atoms with Gasteiger partial charge in [0.1, 0.15) is 29.0 Å². The summed E-state index contributed by atoms with van der Waals surface area (Å²) in [4.78, 5) is 42.3. The first-order valence-corrected chi connectivity index (χ1v) is 23.5. The van der Waals surface area contributed by atoms with E-state index in [1.165, 1.54) is 6.08 Å². The Kier molecular flexibility index (Phi) is 14.0. The molecule has 0 unspecified atom stereocenters. The number of hydrogen-bond acceptors (Lipinski definition) is 11. The van der Waals surface area contributed by atoms with Gasteiger partial charge in [0.15, 0.2) is 0 Å². The lowest BCUT2D eigenvalue weighted by atomic mass is 9.66. The van der Waals surface area contributed by atoms with Gasteiger partial charge >= 0.3 is 11.9 Å². The number of benzene rings is 3. The second kappa shape index (κ2) is 19.6. The van der Waals surface area contributed by atoms with E-state index in [4.69, 9.17) is 9.47 Å². The van der Waals surface area contributed by atoms with Crippen LogP contribution in [0.4, 0.5) is 5.69 Å². The number of phenols is 1. The molecule has 3 aromatic rings. The van der Waals surface area contributed by atoms with Crippen LogP contribution in [0.5, 0.6) is 11.5 Å². The van der Waals surface area contributed by atoms with Crippen LogP contribution in [0.25, 0.3) is 0 Å². The van der Waals surface area contributed by atoms with E-state index in [1.54, 1.807) is 13.0 Å². The molecule has 0 spiro atoms. The lowest BCUT2D eigenvalue weighted by molar-refractivity contribution is -0.176. The van der Waals surface area contributed by atoms with E-state index in [1.807, 2.05) is 49.4 Å². The zero-order valence-electron chi connectivity index (χ0n) is 37.1. The molecule has 0 saturated heterocycles. The number of carbonyl (C=O) groups excluding carboxylic acids is 3. The maximum atomic E-state index is 15.1. The fraction of sp³-hybridized carbons (Fsp3) is 0.528. The number of nitrogens with one attached hydrogen (secondary N) is 1. The van der Waals surface area contributed by atoms with Crippen molar-refractivity contribution in [2.24, 2.45) is 11.8 Å². The Morgan fingerprint density at radius 3 is 2.42 bits per heavy atom. The molecule has 11 heteroatoms. The number of aliphatic hydroxyl groups excluding tert-OH is 3. The maximum Gasteiger partial charge on any atom is 0.334 e. The summed E-state index contributed by atoms with van der Waals surface area (Å²) in [6.07, 6.45) is 5.47. The van der Waals surface area contributed by atoms with Crippen molar-refractivity contribution in [1.82, 2.24) is 0 Å². The number of phenolic OH excluding ortho intramolecular Hbond substituents is 1. The number of carbonyl (C=O) groups is 3. The molecule has 2 fully saturated rings. The van der Waals surface area contributed by atoms with Crippen molar-refractivity contribution >= 4 is 23.4 Å². The van der Waals surface area contributed by atoms with Crippen LogP contribution in [0, 0.1) is 23.7 Å². The quantitative estimate of drug-likeness (QED) is 0.0756. The van der Waals surface area contributed by atoms with E-state index in [0.717, 1.165) is 43.2 Å². The molecule has 0 radical (unpaired) electrons. The molecule has 8 bridgehead atoms. The van der Waals surface area contributed by atoms with Crippen LogP contribution in [-0.2, 0) is 45.0 Å². The van der Waals surface area contributed by atoms with Crippen molar-refractivity contribution in [3.63, 3.8) is 0 Å². The molecule has 6 N–H and O–H groups in total. The predicted molar refractivity (Wildman–Crippen MR) is 242 cm³/mol. The van der Waals surface area contributed by atoms with Crippen LogP contribution in [-0.4, -0.2) is 73.7 Å². The third kappa shape index (κ3) is 9.96. The number of anilines is 1. The summed E-state index contributed by atoms with van der Waals surface area (Å²) in [6, 6.07) is 15.1. The van der Waals surface area contributed by atoms with E-state index < -0.39 is 53.6 Å². The van der Waals surface area contributed by atoms with Gasteiger partial charge in [-0.25, -0.2) is 4.79 Å².